The number of rotatable bonds is 6. The van der Waals surface area contributed by atoms with Gasteiger partial charge in [-0.25, -0.2) is 0 Å². The molecule has 3 aromatic rings. The van der Waals surface area contributed by atoms with Gasteiger partial charge in [-0.2, -0.15) is 0 Å². The van der Waals surface area contributed by atoms with Crippen molar-refractivity contribution in [2.45, 2.75) is 26.1 Å². The molecule has 3 rings (SSSR count). The normalized spacial score (nSPS) is 12.5. The number of ether oxygens (including phenoxy) is 1. The van der Waals surface area contributed by atoms with E-state index in [4.69, 9.17) is 33.3 Å². The van der Waals surface area contributed by atoms with Gasteiger partial charge in [0.15, 0.2) is 0 Å². The Labute approximate surface area is 155 Å². The summed E-state index contributed by atoms with van der Waals surface area (Å²) in [5.41, 5.74) is 2.24. The summed E-state index contributed by atoms with van der Waals surface area (Å²) in [5, 5.41) is 19.7. The molecule has 5 nitrogen and oxygen atoms in total. The van der Waals surface area contributed by atoms with Crippen molar-refractivity contribution in [3.8, 4) is 5.75 Å². The highest BCUT2D eigenvalue weighted by atomic mass is 35.5. The molecule has 1 aromatic heterocycles. The van der Waals surface area contributed by atoms with Crippen molar-refractivity contribution in [1.82, 2.24) is 9.13 Å². The monoisotopic (exact) mass is 379 g/mol. The fraction of sp³-hybridized carbons (Fsp3) is 0.278. The van der Waals surface area contributed by atoms with Crippen LogP contribution in [-0.4, -0.2) is 27.0 Å². The molecule has 2 aromatic carbocycles. The molecular formula is C18H19Cl2N3O2. The lowest BCUT2D eigenvalue weighted by molar-refractivity contribution is 0.0921. The quantitative estimate of drug-likeness (QED) is 0.685. The van der Waals surface area contributed by atoms with Crippen molar-refractivity contribution >= 4 is 34.2 Å². The summed E-state index contributed by atoms with van der Waals surface area (Å²) >= 11 is 11.9. The zero-order valence-electron chi connectivity index (χ0n) is 13.7. The van der Waals surface area contributed by atoms with Crippen molar-refractivity contribution < 1.29 is 9.84 Å². The van der Waals surface area contributed by atoms with Gasteiger partial charge >= 0.3 is 0 Å². The minimum Gasteiger partial charge on any atom is -0.489 e. The first kappa shape index (κ1) is 17.9. The van der Waals surface area contributed by atoms with Crippen LogP contribution < -0.4 is 10.4 Å². The second-order valence-electron chi connectivity index (χ2n) is 5.71. The lowest BCUT2D eigenvalue weighted by Crippen LogP contribution is -2.31. The molecule has 0 aliphatic rings. The number of para-hydroxylation sites is 2. The van der Waals surface area contributed by atoms with Crippen LogP contribution in [0.2, 0.25) is 10.0 Å². The first-order valence-electron chi connectivity index (χ1n) is 7.99. The number of nitrogens with one attached hydrogen (secondary N) is 1. The molecule has 25 heavy (non-hydrogen) atoms. The van der Waals surface area contributed by atoms with E-state index in [1.54, 1.807) is 22.8 Å². The molecule has 7 heteroatoms. The molecule has 0 spiro atoms. The molecule has 0 saturated carbocycles. The van der Waals surface area contributed by atoms with Crippen molar-refractivity contribution in [2.24, 2.45) is 0 Å². The SMILES string of the molecule is CCn1c(=N)n(C[C@H](O)COc2ccc(Cl)cc2Cl)c2ccccc21. The summed E-state index contributed by atoms with van der Waals surface area (Å²) in [5.74, 6) is 0.470. The van der Waals surface area contributed by atoms with Gasteiger partial charge in [-0.3, -0.25) is 5.41 Å². The maximum atomic E-state index is 10.4. The number of nitrogens with zero attached hydrogens (tertiary/aromatic N) is 2. The topological polar surface area (TPSA) is 63.2 Å². The fourth-order valence-corrected chi connectivity index (χ4v) is 3.30. The van der Waals surface area contributed by atoms with E-state index in [0.717, 1.165) is 11.0 Å². The van der Waals surface area contributed by atoms with Crippen LogP contribution in [0.1, 0.15) is 6.92 Å². The van der Waals surface area contributed by atoms with Gasteiger partial charge in [0, 0.05) is 11.6 Å². The van der Waals surface area contributed by atoms with Crippen LogP contribution in [0.15, 0.2) is 42.5 Å². The number of hydrogen-bond acceptors (Lipinski definition) is 3. The number of aliphatic hydroxyl groups excluding tert-OH is 1. The minimum atomic E-state index is -0.781. The van der Waals surface area contributed by atoms with Crippen LogP contribution in [0.5, 0.6) is 5.75 Å². The lowest BCUT2D eigenvalue weighted by atomic mass is 10.3. The Morgan fingerprint density at radius 1 is 1.12 bits per heavy atom. The van der Waals surface area contributed by atoms with Gasteiger partial charge in [0.1, 0.15) is 18.5 Å². The molecule has 0 aliphatic carbocycles. The molecule has 1 atom stereocenters. The highest BCUT2D eigenvalue weighted by Crippen LogP contribution is 2.27. The van der Waals surface area contributed by atoms with Gasteiger partial charge in [0.2, 0.25) is 5.62 Å². The molecular weight excluding hydrogens is 361 g/mol. The predicted molar refractivity (Wildman–Crippen MR) is 99.4 cm³/mol. The van der Waals surface area contributed by atoms with Gasteiger partial charge in [-0.1, -0.05) is 35.3 Å². The van der Waals surface area contributed by atoms with E-state index in [9.17, 15) is 5.11 Å². The summed E-state index contributed by atoms with van der Waals surface area (Å²) in [7, 11) is 0. The Morgan fingerprint density at radius 3 is 2.44 bits per heavy atom. The number of halogens is 2. The second-order valence-corrected chi connectivity index (χ2v) is 6.55. The molecule has 0 aliphatic heterocycles. The van der Waals surface area contributed by atoms with Crippen molar-refractivity contribution in [2.75, 3.05) is 6.61 Å². The van der Waals surface area contributed by atoms with Crippen LogP contribution in [0.25, 0.3) is 11.0 Å². The van der Waals surface area contributed by atoms with E-state index < -0.39 is 6.10 Å². The molecule has 2 N–H and O–H groups in total. The molecule has 132 valence electrons. The van der Waals surface area contributed by atoms with Gasteiger partial charge in [-0.05, 0) is 37.3 Å². The fourth-order valence-electron chi connectivity index (χ4n) is 2.84. The number of fused-ring (bicyclic) bond motifs is 1. The maximum absolute atomic E-state index is 10.4. The van der Waals surface area contributed by atoms with E-state index in [1.807, 2.05) is 35.8 Å². The van der Waals surface area contributed by atoms with E-state index in [2.05, 4.69) is 0 Å². The van der Waals surface area contributed by atoms with Crippen molar-refractivity contribution in [3.05, 3.63) is 58.1 Å². The van der Waals surface area contributed by atoms with E-state index in [0.29, 0.717) is 28.0 Å². The van der Waals surface area contributed by atoms with Crippen LogP contribution in [0.3, 0.4) is 0 Å². The average Bonchev–Trinajstić information content (AvgIpc) is 2.86. The van der Waals surface area contributed by atoms with E-state index in [1.165, 1.54) is 0 Å². The molecule has 0 bridgehead atoms. The third-order valence-electron chi connectivity index (χ3n) is 4.01. The van der Waals surface area contributed by atoms with Crippen molar-refractivity contribution in [3.63, 3.8) is 0 Å². The second kappa shape index (κ2) is 7.52. The minimum absolute atomic E-state index is 0.0689. The Morgan fingerprint density at radius 2 is 1.80 bits per heavy atom. The Kier molecular flexibility index (Phi) is 5.37. The zero-order valence-corrected chi connectivity index (χ0v) is 15.3. The van der Waals surface area contributed by atoms with Crippen molar-refractivity contribution in [1.29, 1.82) is 5.41 Å². The Hall–Kier alpha value is -1.95. The average molecular weight is 380 g/mol. The third kappa shape index (κ3) is 3.68. The Bertz CT molecular complexity index is 949. The molecule has 0 fully saturated rings. The summed E-state index contributed by atoms with van der Waals surface area (Å²) < 4.78 is 9.28. The molecule has 1 heterocycles. The largest absolute Gasteiger partial charge is 0.489 e. The summed E-state index contributed by atoms with van der Waals surface area (Å²) in [6.45, 7) is 3.02. The molecule has 0 saturated heterocycles. The summed E-state index contributed by atoms with van der Waals surface area (Å²) in [6, 6.07) is 12.7. The zero-order chi connectivity index (χ0) is 18.0. The third-order valence-corrected chi connectivity index (χ3v) is 4.54. The van der Waals surface area contributed by atoms with Crippen LogP contribution in [0, 0.1) is 5.41 Å². The number of aliphatic hydroxyl groups is 1. The number of imidazole rings is 1. The van der Waals surface area contributed by atoms with Gasteiger partial charge in [-0.15, -0.1) is 0 Å². The highest BCUT2D eigenvalue weighted by Gasteiger charge is 2.14. The smallest absolute Gasteiger partial charge is 0.203 e. The van der Waals surface area contributed by atoms with Crippen LogP contribution in [0.4, 0.5) is 0 Å². The maximum Gasteiger partial charge on any atom is 0.203 e. The van der Waals surface area contributed by atoms with Gasteiger partial charge in [0.25, 0.3) is 0 Å². The number of benzene rings is 2. The standard InChI is InChI=1S/C18H19Cl2N3O2/c1-2-22-15-5-3-4-6-16(15)23(18(22)21)10-13(24)11-25-17-8-7-12(19)9-14(17)20/h3-9,13,21,24H,2,10-11H2,1H3/t13-/m0/s1. The predicted octanol–water partition coefficient (Wildman–Crippen LogP) is 3.69. The molecule has 0 unspecified atom stereocenters. The molecule has 0 radical (unpaired) electrons. The number of aryl methyl sites for hydroxylation is 1. The first-order valence-corrected chi connectivity index (χ1v) is 8.75. The first-order chi connectivity index (χ1) is 12.0. The molecule has 0 amide bonds. The van der Waals surface area contributed by atoms with E-state index >= 15 is 0 Å². The number of aromatic nitrogens is 2. The summed E-state index contributed by atoms with van der Waals surface area (Å²) in [6.07, 6.45) is -0.781. The van der Waals surface area contributed by atoms with E-state index in [-0.39, 0.29) is 13.2 Å². The lowest BCUT2D eigenvalue weighted by Gasteiger charge is -2.14. The highest BCUT2D eigenvalue weighted by molar-refractivity contribution is 6.35. The van der Waals surface area contributed by atoms with Gasteiger partial charge < -0.3 is 19.0 Å². The summed E-state index contributed by atoms with van der Waals surface area (Å²) in [4.78, 5) is 0. The van der Waals surface area contributed by atoms with Crippen LogP contribution >= 0.6 is 23.2 Å². The van der Waals surface area contributed by atoms with Crippen LogP contribution in [-0.2, 0) is 13.1 Å². The number of hydrogen-bond donors (Lipinski definition) is 2. The Balaban J connectivity index is 1.77. The van der Waals surface area contributed by atoms with Gasteiger partial charge in [0.05, 0.1) is 22.6 Å².